The van der Waals surface area contributed by atoms with Crippen LogP contribution in [0.25, 0.3) is 10.9 Å². The van der Waals surface area contributed by atoms with Gasteiger partial charge in [-0.05, 0) is 75.3 Å². The van der Waals surface area contributed by atoms with Gasteiger partial charge in [0.05, 0.1) is 23.6 Å². The first-order valence-corrected chi connectivity index (χ1v) is 16.4. The number of hydrogen-bond acceptors (Lipinski definition) is 6. The van der Waals surface area contributed by atoms with Crippen LogP contribution in [-0.4, -0.2) is 52.3 Å². The quantitative estimate of drug-likeness (QED) is 0.122. The minimum atomic E-state index is -0.279. The number of carbonyl (C=O) groups excluding carboxylic acids is 1. The molecule has 8 heteroatoms. The Hall–Kier alpha value is -4.01. The topological polar surface area (TPSA) is 82.8 Å². The van der Waals surface area contributed by atoms with E-state index in [9.17, 15) is 14.4 Å². The van der Waals surface area contributed by atoms with Gasteiger partial charge in [0, 0.05) is 32.6 Å². The van der Waals surface area contributed by atoms with Gasteiger partial charge < -0.3 is 14.4 Å². The molecule has 0 spiro atoms. The molecule has 0 aliphatic carbocycles. The van der Waals surface area contributed by atoms with Crippen LogP contribution in [0.4, 0.5) is 0 Å². The van der Waals surface area contributed by atoms with Gasteiger partial charge in [-0.25, -0.2) is 4.79 Å². The molecule has 0 N–H and O–H groups in total. The molecule has 1 aliphatic heterocycles. The van der Waals surface area contributed by atoms with Gasteiger partial charge in [0.25, 0.3) is 5.56 Å². The van der Waals surface area contributed by atoms with Crippen molar-refractivity contribution in [3.8, 4) is 0 Å². The minimum Gasteiger partial charge on any atom is -0.466 e. The molecular formula is C37H45N3O5. The summed E-state index contributed by atoms with van der Waals surface area (Å²) in [5, 5.41) is 0.550. The van der Waals surface area contributed by atoms with Gasteiger partial charge in [-0.15, -0.1) is 0 Å². The van der Waals surface area contributed by atoms with Crippen molar-refractivity contribution in [2.75, 3.05) is 26.2 Å². The number of aromatic nitrogens is 2. The summed E-state index contributed by atoms with van der Waals surface area (Å²) in [6.45, 7) is 5.91. The lowest BCUT2D eigenvalue weighted by Crippen LogP contribution is -2.40. The van der Waals surface area contributed by atoms with E-state index >= 15 is 0 Å². The summed E-state index contributed by atoms with van der Waals surface area (Å²) in [7, 11) is 0. The molecule has 4 aromatic rings. The Morgan fingerprint density at radius 1 is 0.756 bits per heavy atom. The lowest BCUT2D eigenvalue weighted by molar-refractivity contribution is -0.143. The number of unbranched alkanes of at least 4 members (excludes halogenated alkanes) is 2. The molecule has 1 fully saturated rings. The number of benzene rings is 3. The van der Waals surface area contributed by atoms with Gasteiger partial charge in [-0.3, -0.25) is 18.7 Å². The molecule has 1 saturated heterocycles. The first-order chi connectivity index (χ1) is 22.0. The zero-order valence-electron chi connectivity index (χ0n) is 26.3. The van der Waals surface area contributed by atoms with Crippen LogP contribution in [0.15, 0.2) is 94.5 Å². The van der Waals surface area contributed by atoms with Crippen LogP contribution in [0.3, 0.4) is 0 Å². The summed E-state index contributed by atoms with van der Waals surface area (Å²) in [5.74, 6) is -0.249. The number of likely N-dealkylation sites (tertiary alicyclic amines) is 1. The third-order valence-corrected chi connectivity index (χ3v) is 8.62. The Morgan fingerprint density at radius 3 is 2.00 bits per heavy atom. The van der Waals surface area contributed by atoms with E-state index in [1.54, 1.807) is 17.6 Å². The molecule has 0 saturated carbocycles. The highest BCUT2D eigenvalue weighted by Gasteiger charge is 2.24. The number of hydrogen-bond donors (Lipinski definition) is 0. The maximum absolute atomic E-state index is 13.5. The second kappa shape index (κ2) is 16.3. The Bertz CT molecular complexity index is 1590. The molecule has 238 valence electrons. The zero-order chi connectivity index (χ0) is 31.4. The highest BCUT2D eigenvalue weighted by atomic mass is 16.5. The predicted molar refractivity (Wildman–Crippen MR) is 177 cm³/mol. The Kier molecular flexibility index (Phi) is 11.8. The van der Waals surface area contributed by atoms with Crippen LogP contribution < -0.4 is 11.2 Å². The summed E-state index contributed by atoms with van der Waals surface area (Å²) in [6, 6.07) is 28.2. The second-order valence-electron chi connectivity index (χ2n) is 11.8. The first-order valence-electron chi connectivity index (χ1n) is 16.4. The van der Waals surface area contributed by atoms with Crippen LogP contribution in [0.2, 0.25) is 0 Å². The zero-order valence-corrected chi connectivity index (χ0v) is 26.3. The fraction of sp³-hybridized carbons (Fsp3) is 0.432. The normalized spacial score (nSPS) is 14.3. The highest BCUT2D eigenvalue weighted by Crippen LogP contribution is 2.30. The van der Waals surface area contributed by atoms with E-state index in [4.69, 9.17) is 9.47 Å². The summed E-state index contributed by atoms with van der Waals surface area (Å²) >= 11 is 0. The molecule has 2 heterocycles. The monoisotopic (exact) mass is 611 g/mol. The van der Waals surface area contributed by atoms with Gasteiger partial charge in [-0.1, -0.05) is 72.8 Å². The molecule has 5 rings (SSSR count). The smallest absolute Gasteiger partial charge is 0.331 e. The fourth-order valence-electron chi connectivity index (χ4n) is 6.23. The van der Waals surface area contributed by atoms with E-state index < -0.39 is 0 Å². The third-order valence-electron chi connectivity index (χ3n) is 8.62. The molecule has 8 nitrogen and oxygen atoms in total. The van der Waals surface area contributed by atoms with E-state index in [2.05, 4.69) is 53.4 Å². The number of nitrogens with zero attached hydrogens (tertiary/aromatic N) is 3. The molecule has 0 bridgehead atoms. The van der Waals surface area contributed by atoms with E-state index in [0.717, 1.165) is 45.3 Å². The van der Waals surface area contributed by atoms with Crippen molar-refractivity contribution >= 4 is 16.9 Å². The maximum atomic E-state index is 13.5. The molecule has 0 unspecified atom stereocenters. The Morgan fingerprint density at radius 2 is 1.33 bits per heavy atom. The van der Waals surface area contributed by atoms with E-state index in [1.165, 1.54) is 15.7 Å². The molecule has 3 aromatic carbocycles. The highest BCUT2D eigenvalue weighted by molar-refractivity contribution is 5.77. The van der Waals surface area contributed by atoms with Gasteiger partial charge in [0.15, 0.2) is 0 Å². The van der Waals surface area contributed by atoms with E-state index in [-0.39, 0.29) is 42.4 Å². The van der Waals surface area contributed by atoms with Crippen LogP contribution in [0.5, 0.6) is 0 Å². The average molecular weight is 612 g/mol. The molecule has 0 amide bonds. The van der Waals surface area contributed by atoms with Crippen molar-refractivity contribution in [3.63, 3.8) is 0 Å². The standard InChI is InChI=1S/C37H45N3O5/c1-2-44-34(41)21-11-12-26-40-36(42)32-19-9-10-20-33(32)39(37(40)43)25-14-13-24-38-27-22-31(23-28-38)45-35(29-15-5-3-6-16-29)30-17-7-4-8-18-30/h3-10,15-20,31,35H,2,11-14,21-28H2,1H3. The average Bonchev–Trinajstić information content (AvgIpc) is 3.08. The van der Waals surface area contributed by atoms with Crippen molar-refractivity contribution in [2.24, 2.45) is 0 Å². The number of fused-ring (bicyclic) bond motifs is 1. The lowest BCUT2D eigenvalue weighted by atomic mass is 10.00. The molecule has 0 radical (unpaired) electrons. The summed E-state index contributed by atoms with van der Waals surface area (Å²) in [4.78, 5) is 40.8. The Balaban J connectivity index is 1.14. The summed E-state index contributed by atoms with van der Waals surface area (Å²) in [5.41, 5.74) is 2.49. The maximum Gasteiger partial charge on any atom is 0.331 e. The van der Waals surface area contributed by atoms with Crippen LogP contribution in [0, 0.1) is 0 Å². The van der Waals surface area contributed by atoms with Crippen molar-refractivity contribution < 1.29 is 14.3 Å². The number of ether oxygens (including phenoxy) is 2. The van der Waals surface area contributed by atoms with Crippen LogP contribution in [-0.2, 0) is 27.4 Å². The van der Waals surface area contributed by atoms with Crippen molar-refractivity contribution in [1.82, 2.24) is 14.0 Å². The van der Waals surface area contributed by atoms with Gasteiger partial charge in [-0.2, -0.15) is 0 Å². The Labute approximate surface area is 265 Å². The number of aryl methyl sites for hydroxylation is 1. The number of piperidine rings is 1. The fourth-order valence-corrected chi connectivity index (χ4v) is 6.23. The number of rotatable bonds is 15. The van der Waals surface area contributed by atoms with Crippen molar-refractivity contribution in [2.45, 2.75) is 77.2 Å². The molecule has 1 aromatic heterocycles. The number of esters is 1. The van der Waals surface area contributed by atoms with Crippen LogP contribution >= 0.6 is 0 Å². The number of para-hydroxylation sites is 1. The third kappa shape index (κ3) is 8.59. The lowest BCUT2D eigenvalue weighted by Gasteiger charge is -2.34. The summed E-state index contributed by atoms with van der Waals surface area (Å²) < 4.78 is 14.8. The van der Waals surface area contributed by atoms with Gasteiger partial charge in [0.1, 0.15) is 6.10 Å². The van der Waals surface area contributed by atoms with Crippen molar-refractivity contribution in [3.05, 3.63) is 117 Å². The van der Waals surface area contributed by atoms with E-state index in [0.29, 0.717) is 36.9 Å². The largest absolute Gasteiger partial charge is 0.466 e. The second-order valence-corrected chi connectivity index (χ2v) is 11.8. The van der Waals surface area contributed by atoms with Crippen molar-refractivity contribution in [1.29, 1.82) is 0 Å². The SMILES string of the molecule is CCOC(=O)CCCCn1c(=O)c2ccccc2n(CCCCN2CCC(OC(c3ccccc3)c3ccccc3)CC2)c1=O. The van der Waals surface area contributed by atoms with E-state index in [1.807, 2.05) is 30.3 Å². The predicted octanol–water partition coefficient (Wildman–Crippen LogP) is 5.95. The number of carbonyl (C=O) groups is 1. The van der Waals surface area contributed by atoms with Gasteiger partial charge >= 0.3 is 11.7 Å². The van der Waals surface area contributed by atoms with Gasteiger partial charge in [0.2, 0.25) is 0 Å². The van der Waals surface area contributed by atoms with Crippen LogP contribution in [0.1, 0.15) is 69.1 Å². The molecule has 45 heavy (non-hydrogen) atoms. The molecule has 1 aliphatic rings. The minimum absolute atomic E-state index is 0.0714. The molecule has 0 atom stereocenters. The first kappa shape index (κ1) is 32.4. The summed E-state index contributed by atoms with van der Waals surface area (Å²) in [6.07, 6.45) is 5.32. The molecular weight excluding hydrogens is 566 g/mol.